The fourth-order valence-corrected chi connectivity index (χ4v) is 10.7. The lowest BCUT2D eigenvalue weighted by molar-refractivity contribution is 0.660. The maximum absolute atomic E-state index is 6.46. The van der Waals surface area contributed by atoms with Crippen LogP contribution in [0, 0.1) is 0 Å². The van der Waals surface area contributed by atoms with Crippen LogP contribution in [0.5, 0.6) is 0 Å². The van der Waals surface area contributed by atoms with Gasteiger partial charge >= 0.3 is 0 Å². The van der Waals surface area contributed by atoms with Crippen LogP contribution < -0.4 is 26.2 Å². The molecule has 9 aromatic carbocycles. The molecule has 0 atom stereocenters. The van der Waals surface area contributed by atoms with Crippen LogP contribution >= 0.6 is 0 Å². The highest BCUT2D eigenvalue weighted by Crippen LogP contribution is 2.50. The third-order valence-electron chi connectivity index (χ3n) is 13.4. The summed E-state index contributed by atoms with van der Waals surface area (Å²) in [4.78, 5) is 4.94. The number of para-hydroxylation sites is 2. The van der Waals surface area contributed by atoms with Crippen molar-refractivity contribution in [3.63, 3.8) is 0 Å². The van der Waals surface area contributed by atoms with Crippen molar-refractivity contribution < 1.29 is 4.42 Å². The topological polar surface area (TPSA) is 19.6 Å². The monoisotopic (exact) mass is 752 g/mol. The Morgan fingerprint density at radius 1 is 0.424 bits per heavy atom. The predicted octanol–water partition coefficient (Wildman–Crippen LogP) is 12.8. The highest BCUT2D eigenvalue weighted by atomic mass is 16.3. The Kier molecular flexibility index (Phi) is 6.59. The summed E-state index contributed by atoms with van der Waals surface area (Å²) in [6, 6.07) is 69.5. The molecule has 1 aliphatic carbocycles. The maximum Gasteiger partial charge on any atom is 0.252 e. The molecule has 0 radical (unpaired) electrons. The third kappa shape index (κ3) is 4.54. The van der Waals surface area contributed by atoms with Gasteiger partial charge in [-0.1, -0.05) is 129 Å². The van der Waals surface area contributed by atoms with Crippen LogP contribution in [0.2, 0.25) is 0 Å². The minimum absolute atomic E-state index is 0.0399. The Morgan fingerprint density at radius 2 is 1.00 bits per heavy atom. The van der Waals surface area contributed by atoms with Gasteiger partial charge in [-0.25, -0.2) is 0 Å². The second-order valence-corrected chi connectivity index (χ2v) is 16.9. The van der Waals surface area contributed by atoms with Crippen molar-refractivity contribution in [2.24, 2.45) is 0 Å². The van der Waals surface area contributed by atoms with Crippen LogP contribution in [-0.4, -0.2) is 6.71 Å². The number of furan rings is 1. The summed E-state index contributed by atoms with van der Waals surface area (Å²) in [5.41, 5.74) is 20.7. The number of fused-ring (bicyclic) bond motifs is 11. The molecule has 13 rings (SSSR count). The van der Waals surface area contributed by atoms with Crippen molar-refractivity contribution in [3.05, 3.63) is 199 Å². The summed E-state index contributed by atoms with van der Waals surface area (Å²) in [7, 11) is 0. The molecule has 276 valence electrons. The molecule has 4 heteroatoms. The van der Waals surface area contributed by atoms with Crippen molar-refractivity contribution >= 4 is 89.9 Å². The molecule has 0 fully saturated rings. The van der Waals surface area contributed by atoms with E-state index in [9.17, 15) is 0 Å². The van der Waals surface area contributed by atoms with Gasteiger partial charge in [-0.05, 0) is 133 Å². The van der Waals surface area contributed by atoms with E-state index >= 15 is 0 Å². The number of hydrogen-bond acceptors (Lipinski definition) is 3. The first-order valence-corrected chi connectivity index (χ1v) is 20.6. The van der Waals surface area contributed by atoms with Gasteiger partial charge in [0.15, 0.2) is 0 Å². The van der Waals surface area contributed by atoms with E-state index in [2.05, 4.69) is 212 Å². The molecule has 0 spiro atoms. The summed E-state index contributed by atoms with van der Waals surface area (Å²) in [5, 5.41) is 4.65. The quantitative estimate of drug-likeness (QED) is 0.168. The van der Waals surface area contributed by atoms with Crippen molar-refractivity contribution in [2.45, 2.75) is 19.3 Å². The van der Waals surface area contributed by atoms with E-state index in [4.69, 9.17) is 4.42 Å². The molecule has 1 aromatic heterocycles. The Labute approximate surface area is 343 Å². The van der Waals surface area contributed by atoms with Crippen LogP contribution in [0.3, 0.4) is 0 Å². The second kappa shape index (κ2) is 11.9. The maximum atomic E-state index is 6.46. The number of rotatable bonds is 3. The summed E-state index contributed by atoms with van der Waals surface area (Å²) in [6.45, 7) is 4.79. The molecule has 3 nitrogen and oxygen atoms in total. The van der Waals surface area contributed by atoms with Crippen molar-refractivity contribution in [1.29, 1.82) is 0 Å². The van der Waals surface area contributed by atoms with Gasteiger partial charge in [0, 0.05) is 50.3 Å². The minimum atomic E-state index is -0.0399. The molecule has 0 saturated heterocycles. The van der Waals surface area contributed by atoms with Crippen molar-refractivity contribution in [3.8, 4) is 22.3 Å². The number of hydrogen-bond donors (Lipinski definition) is 0. The van der Waals surface area contributed by atoms with E-state index in [-0.39, 0.29) is 12.1 Å². The molecule has 59 heavy (non-hydrogen) atoms. The molecule has 0 N–H and O–H groups in total. The lowest BCUT2D eigenvalue weighted by Crippen LogP contribution is -2.61. The van der Waals surface area contributed by atoms with Gasteiger partial charge in [-0.3, -0.25) is 0 Å². The molecule has 2 aliphatic heterocycles. The summed E-state index contributed by atoms with van der Waals surface area (Å²) in [5.74, 6) is 0. The largest absolute Gasteiger partial charge is 0.456 e. The van der Waals surface area contributed by atoms with Gasteiger partial charge in [-0.2, -0.15) is 0 Å². The molecule has 0 unspecified atom stereocenters. The molecular formula is C55H37BN2O. The molecule has 3 heterocycles. The fourth-order valence-electron chi connectivity index (χ4n) is 10.7. The molecule has 3 aliphatic rings. The Bertz CT molecular complexity index is 3400. The zero-order valence-electron chi connectivity index (χ0n) is 32.8. The van der Waals surface area contributed by atoms with Crippen LogP contribution in [0.4, 0.5) is 34.1 Å². The first-order valence-electron chi connectivity index (χ1n) is 20.6. The predicted molar refractivity (Wildman–Crippen MR) is 248 cm³/mol. The fraction of sp³-hybridized carbons (Fsp3) is 0.0545. The SMILES string of the molecule is CC1(C)c2ccccc2-c2ccc(-c3ccc(N4c5ccccc5B5c6ccccc6N(c6ccc7oc8cc9ccccc9cc8c7c6)c6cccc4c65)cc3)cc21. The van der Waals surface area contributed by atoms with Gasteiger partial charge in [0.05, 0.1) is 0 Å². The molecule has 0 amide bonds. The number of nitrogens with zero attached hydrogens (tertiary/aromatic N) is 2. The number of benzene rings is 9. The smallest absolute Gasteiger partial charge is 0.252 e. The van der Waals surface area contributed by atoms with Crippen molar-refractivity contribution in [1.82, 2.24) is 0 Å². The molecule has 0 saturated carbocycles. The zero-order chi connectivity index (χ0) is 39.0. The molecule has 0 bridgehead atoms. The van der Waals surface area contributed by atoms with E-state index < -0.39 is 0 Å². The lowest BCUT2D eigenvalue weighted by Gasteiger charge is -2.44. The van der Waals surface area contributed by atoms with Gasteiger partial charge in [0.1, 0.15) is 11.2 Å². The Balaban J connectivity index is 0.952. The summed E-state index contributed by atoms with van der Waals surface area (Å²) >= 11 is 0. The van der Waals surface area contributed by atoms with Crippen LogP contribution in [0.1, 0.15) is 25.0 Å². The van der Waals surface area contributed by atoms with Gasteiger partial charge in [0.25, 0.3) is 6.71 Å². The minimum Gasteiger partial charge on any atom is -0.456 e. The van der Waals surface area contributed by atoms with E-state index in [1.165, 1.54) is 83.3 Å². The second-order valence-electron chi connectivity index (χ2n) is 16.9. The van der Waals surface area contributed by atoms with E-state index in [0.29, 0.717) is 0 Å². The molecule has 10 aromatic rings. The average Bonchev–Trinajstić information content (AvgIpc) is 3.75. The molecular weight excluding hydrogens is 715 g/mol. The van der Waals surface area contributed by atoms with E-state index in [1.807, 2.05) is 0 Å². The Morgan fingerprint density at radius 3 is 1.76 bits per heavy atom. The normalized spacial score (nSPS) is 14.3. The highest BCUT2D eigenvalue weighted by molar-refractivity contribution is 7.00. The first-order chi connectivity index (χ1) is 29.0. The van der Waals surface area contributed by atoms with Gasteiger partial charge < -0.3 is 14.2 Å². The average molecular weight is 753 g/mol. The number of anilines is 6. The van der Waals surface area contributed by atoms with E-state index in [0.717, 1.165) is 33.3 Å². The van der Waals surface area contributed by atoms with Gasteiger partial charge in [0.2, 0.25) is 0 Å². The first kappa shape index (κ1) is 32.8. The zero-order valence-corrected chi connectivity index (χ0v) is 32.8. The standard InChI is InChI=1S/C55H37BN2O/c1-55(2)44-15-6-5-14-40(44)41-28-24-37(31-45(41)55)34-22-25-38(26-23-34)57-48-18-9-7-16-46(48)56-47-17-8-10-19-49(47)58(51-21-11-20-50(57)54(51)56)39-27-29-52-43(33-39)42-30-35-12-3-4-13-36(35)32-53(42)59-52/h3-33H,1-2H3. The van der Waals surface area contributed by atoms with Gasteiger partial charge in [-0.15, -0.1) is 0 Å². The van der Waals surface area contributed by atoms with Crippen LogP contribution in [-0.2, 0) is 5.41 Å². The lowest BCUT2D eigenvalue weighted by atomic mass is 9.33. The van der Waals surface area contributed by atoms with E-state index in [1.54, 1.807) is 0 Å². The van der Waals surface area contributed by atoms with Crippen molar-refractivity contribution in [2.75, 3.05) is 9.80 Å². The van der Waals surface area contributed by atoms with Crippen LogP contribution in [0.15, 0.2) is 192 Å². The van der Waals surface area contributed by atoms with Crippen LogP contribution in [0.25, 0.3) is 55.0 Å². The Hall–Kier alpha value is -7.30. The highest BCUT2D eigenvalue weighted by Gasteiger charge is 2.43. The summed E-state index contributed by atoms with van der Waals surface area (Å²) < 4.78 is 6.46. The third-order valence-corrected chi connectivity index (χ3v) is 13.4. The summed E-state index contributed by atoms with van der Waals surface area (Å²) in [6.07, 6.45) is 0.